The van der Waals surface area contributed by atoms with E-state index in [-0.39, 0.29) is 20.7 Å². The van der Waals surface area contributed by atoms with Crippen molar-refractivity contribution in [2.45, 2.75) is 0 Å². The Morgan fingerprint density at radius 2 is 1.94 bits per heavy atom. The van der Waals surface area contributed by atoms with Crippen LogP contribution in [0.25, 0.3) is 6.08 Å². The highest BCUT2D eigenvalue weighted by Gasteiger charge is 2.13. The number of hydrogen-bond donors (Lipinski definition) is 0. The van der Waals surface area contributed by atoms with Crippen LogP contribution in [0.1, 0.15) is 5.56 Å². The zero-order valence-electron chi connectivity index (χ0n) is 8.60. The number of benzene rings is 1. The lowest BCUT2D eigenvalue weighted by molar-refractivity contribution is 1.32. The van der Waals surface area contributed by atoms with Gasteiger partial charge in [0.1, 0.15) is 0 Å². The van der Waals surface area contributed by atoms with Crippen LogP contribution in [0, 0.1) is 0 Å². The third-order valence-corrected chi connectivity index (χ3v) is 5.03. The predicted octanol–water partition coefficient (Wildman–Crippen LogP) is 3.16. The number of para-hydroxylation sites is 1. The van der Waals surface area contributed by atoms with Crippen LogP contribution in [-0.4, -0.2) is 20.5 Å². The number of halogens is 1. The molecule has 0 atom stereocenters. The Bertz CT molecular complexity index is 555. The summed E-state index contributed by atoms with van der Waals surface area (Å²) in [5, 5.41) is 0. The fourth-order valence-electron chi connectivity index (χ4n) is 1.85. The van der Waals surface area contributed by atoms with Crippen molar-refractivity contribution < 1.29 is 0 Å². The second-order valence-electron chi connectivity index (χ2n) is 3.63. The van der Waals surface area contributed by atoms with Crippen molar-refractivity contribution in [1.29, 1.82) is 0 Å². The monoisotopic (exact) mass is 333 g/mol. The number of nitrogens with zero attached hydrogens (tertiary/aromatic N) is 1. The van der Waals surface area contributed by atoms with Gasteiger partial charge in [-0.15, -0.1) is 0 Å². The van der Waals surface area contributed by atoms with Crippen molar-refractivity contribution in [3.05, 3.63) is 57.3 Å². The van der Waals surface area contributed by atoms with Crippen LogP contribution >= 0.6 is 20.7 Å². The van der Waals surface area contributed by atoms with Crippen LogP contribution in [0.15, 0.2) is 51.8 Å². The molecule has 0 saturated carbocycles. The van der Waals surface area contributed by atoms with Crippen LogP contribution in [0.4, 0.5) is 5.69 Å². The van der Waals surface area contributed by atoms with Crippen LogP contribution in [0.5, 0.6) is 0 Å². The summed E-state index contributed by atoms with van der Waals surface area (Å²) in [5.74, 6) is 0. The average Bonchev–Trinajstić information content (AvgIpc) is 2.49. The molecule has 76 valence electrons. The average molecular weight is 333 g/mol. The Balaban J connectivity index is 2.21. The molecule has 0 aliphatic carbocycles. The van der Waals surface area contributed by atoms with E-state index in [4.69, 9.17) is 0 Å². The molecule has 0 fully saturated rings. The Kier molecular flexibility index (Phi) is 2.85. The van der Waals surface area contributed by atoms with Gasteiger partial charge in [-0.05, 0) is 25.8 Å². The third kappa shape index (κ3) is 1.73. The summed E-state index contributed by atoms with van der Waals surface area (Å²) in [7, 11) is 0. The Hall–Kier alpha value is -0.628. The van der Waals surface area contributed by atoms with E-state index < -0.39 is 0 Å². The molecule has 2 aliphatic heterocycles. The quantitative estimate of drug-likeness (QED) is 0.521. The molecule has 0 saturated heterocycles. The number of allylic oxidation sites excluding steroid dienone is 3. The second-order valence-corrected chi connectivity index (χ2v) is 6.21. The summed E-state index contributed by atoms with van der Waals surface area (Å²) in [6, 6.07) is 8.47. The van der Waals surface area contributed by atoms with Crippen LogP contribution in [-0.2, 0) is 0 Å². The predicted molar refractivity (Wildman–Crippen MR) is 80.0 cm³/mol. The molecule has 2 radical (unpaired) electrons. The first-order chi connectivity index (χ1) is 7.86. The number of rotatable bonds is 0. The molecule has 3 heteroatoms. The molecule has 3 rings (SSSR count). The zero-order valence-corrected chi connectivity index (χ0v) is 11.9. The minimum atomic E-state index is 0.109. The van der Waals surface area contributed by atoms with Gasteiger partial charge in [0.25, 0.3) is 0 Å². The minimum Gasteiger partial charge on any atom is -0.452 e. The highest BCUT2D eigenvalue weighted by Crippen LogP contribution is 2.31. The molecule has 1 aromatic rings. The van der Waals surface area contributed by atoms with Crippen molar-refractivity contribution in [3.8, 4) is 0 Å². The van der Waals surface area contributed by atoms with Crippen molar-refractivity contribution in [1.82, 2.24) is 0 Å². The topological polar surface area (TPSA) is 3.24 Å². The van der Waals surface area contributed by atoms with Gasteiger partial charge in [0, 0.05) is 17.0 Å². The molecule has 16 heavy (non-hydrogen) atoms. The fourth-order valence-corrected chi connectivity index (χ4v) is 3.99. The fraction of sp³-hybridized carbons (Fsp3) is 0. The lowest BCUT2D eigenvalue weighted by atomic mass is 10.1. The summed E-state index contributed by atoms with van der Waals surface area (Å²) in [6.45, 7) is 0. The van der Waals surface area contributed by atoms with Crippen molar-refractivity contribution in [2.75, 3.05) is 3.88 Å². The summed E-state index contributed by atoms with van der Waals surface area (Å²) < 4.78 is 6.87. The molecule has 1 nitrogen and oxygen atoms in total. The zero-order chi connectivity index (χ0) is 11.0. The van der Waals surface area contributed by atoms with E-state index in [1.54, 1.807) is 0 Å². The molecule has 2 heterocycles. The SMILES string of the molecule is [Al][N]1C2=C(C=Cc3ccccc31)C=IC=C2. The first-order valence-electron chi connectivity index (χ1n) is 5.04. The molecular formula is C13H9AlIN. The second kappa shape index (κ2) is 4.33. The molecule has 2 aliphatic rings. The van der Waals surface area contributed by atoms with E-state index in [2.05, 4.69) is 71.0 Å². The van der Waals surface area contributed by atoms with E-state index in [1.807, 2.05) is 0 Å². The van der Waals surface area contributed by atoms with Gasteiger partial charge in [-0.25, -0.2) is 0 Å². The molecular weight excluding hydrogens is 324 g/mol. The summed E-state index contributed by atoms with van der Waals surface area (Å²) in [5.41, 5.74) is 5.14. The third-order valence-electron chi connectivity index (χ3n) is 2.67. The van der Waals surface area contributed by atoms with Crippen LogP contribution in [0.3, 0.4) is 0 Å². The minimum absolute atomic E-state index is 0.109. The highest BCUT2D eigenvalue weighted by molar-refractivity contribution is 14.2. The van der Waals surface area contributed by atoms with E-state index in [1.165, 1.54) is 22.5 Å². The van der Waals surface area contributed by atoms with Gasteiger partial charge in [-0.1, -0.05) is 51.1 Å². The van der Waals surface area contributed by atoms with Crippen molar-refractivity contribution >= 4 is 53.0 Å². The maximum atomic E-state index is 2.81. The highest BCUT2D eigenvalue weighted by atomic mass is 127. The van der Waals surface area contributed by atoms with Crippen molar-refractivity contribution in [2.24, 2.45) is 0 Å². The molecule has 0 bridgehead atoms. The van der Waals surface area contributed by atoms with Gasteiger partial charge in [-0.3, -0.25) is 0 Å². The normalized spacial score (nSPS) is 17.6. The molecule has 1 aromatic carbocycles. The number of hydrogen-bond acceptors (Lipinski definition) is 1. The molecule has 0 amide bonds. The van der Waals surface area contributed by atoms with Gasteiger partial charge >= 0.3 is 16.5 Å². The smallest absolute Gasteiger partial charge is 0.318 e. The summed E-state index contributed by atoms with van der Waals surface area (Å²) in [4.78, 5) is 0. The van der Waals surface area contributed by atoms with Gasteiger partial charge in [0.15, 0.2) is 0 Å². The van der Waals surface area contributed by atoms with E-state index in [0.717, 1.165) is 0 Å². The Morgan fingerprint density at radius 1 is 1.06 bits per heavy atom. The van der Waals surface area contributed by atoms with Crippen LogP contribution < -0.4 is 3.88 Å². The maximum Gasteiger partial charge on any atom is 0.318 e. The maximum absolute atomic E-state index is 2.81. The largest absolute Gasteiger partial charge is 0.452 e. The number of fused-ring (bicyclic) bond motifs is 1. The summed E-state index contributed by atoms with van der Waals surface area (Å²) in [6.07, 6.45) is 6.66. The first-order valence-corrected chi connectivity index (χ1v) is 8.05. The number of anilines is 1. The van der Waals surface area contributed by atoms with Crippen molar-refractivity contribution in [3.63, 3.8) is 0 Å². The van der Waals surface area contributed by atoms with Crippen LogP contribution in [0.2, 0.25) is 0 Å². The van der Waals surface area contributed by atoms with Gasteiger partial charge in [-0.2, -0.15) is 0 Å². The van der Waals surface area contributed by atoms with E-state index in [0.29, 0.717) is 0 Å². The summed E-state index contributed by atoms with van der Waals surface area (Å²) >= 11 is 2.92. The van der Waals surface area contributed by atoms with Gasteiger partial charge in [0.2, 0.25) is 0 Å². The van der Waals surface area contributed by atoms with E-state index >= 15 is 0 Å². The lowest BCUT2D eigenvalue weighted by Crippen LogP contribution is -2.19. The molecule has 0 N–H and O–H groups in total. The molecule has 0 aromatic heterocycles. The lowest BCUT2D eigenvalue weighted by Gasteiger charge is -2.25. The molecule has 0 spiro atoms. The first kappa shape index (κ1) is 10.5. The van der Waals surface area contributed by atoms with E-state index in [9.17, 15) is 0 Å². The Labute approximate surface area is 114 Å². The standard InChI is InChI=1S/C13H9IN.Al/c1-2-4-12-10(3-1)5-6-11-9-14-8-7-13(11)15-12;/h1-9H;/q-1;+1. The van der Waals surface area contributed by atoms with Gasteiger partial charge < -0.3 is 3.88 Å². The van der Waals surface area contributed by atoms with Gasteiger partial charge in [0.05, 0.1) is 0 Å². The molecule has 0 unspecified atom stereocenters. The Morgan fingerprint density at radius 3 is 2.88 bits per heavy atom.